The van der Waals surface area contributed by atoms with Gasteiger partial charge in [0.05, 0.1) is 5.57 Å². The number of rotatable bonds is 2. The molecule has 16 heavy (non-hydrogen) atoms. The van der Waals surface area contributed by atoms with Gasteiger partial charge in [0.15, 0.2) is 0 Å². The molecule has 1 amide bonds. The summed E-state index contributed by atoms with van der Waals surface area (Å²) in [6.45, 7) is 0. The van der Waals surface area contributed by atoms with Gasteiger partial charge in [0.1, 0.15) is 0 Å². The van der Waals surface area contributed by atoms with Crippen LogP contribution in [0.2, 0.25) is 0 Å². The maximum Gasteiger partial charge on any atom is 0.263 e. The molecule has 1 N–H and O–H groups in total. The molecule has 0 atom stereocenters. The van der Waals surface area contributed by atoms with E-state index >= 15 is 0 Å². The van der Waals surface area contributed by atoms with Gasteiger partial charge < -0.3 is 5.32 Å². The van der Waals surface area contributed by atoms with Gasteiger partial charge in [0.2, 0.25) is 0 Å². The molecule has 0 radical (unpaired) electrons. The van der Waals surface area contributed by atoms with Crippen molar-refractivity contribution < 1.29 is 4.79 Å². The summed E-state index contributed by atoms with van der Waals surface area (Å²) in [6, 6.07) is 7.11. The van der Waals surface area contributed by atoms with Crippen molar-refractivity contribution in [3.05, 3.63) is 59.4 Å². The van der Waals surface area contributed by atoms with E-state index < -0.39 is 0 Å². The first-order valence-electron chi connectivity index (χ1n) is 4.81. The minimum Gasteiger partial charge on any atom is -0.321 e. The Kier molecular flexibility index (Phi) is 2.73. The molecule has 1 aliphatic rings. The summed E-state index contributed by atoms with van der Waals surface area (Å²) < 4.78 is 0. The number of nitrogens with one attached hydrogen (secondary N) is 1. The van der Waals surface area contributed by atoms with Crippen LogP contribution in [0, 0.1) is 12.3 Å². The normalized spacial score (nSPS) is 12.1. The second kappa shape index (κ2) is 4.35. The summed E-state index contributed by atoms with van der Waals surface area (Å²) in [5, 5.41) is 2.76. The Bertz CT molecular complexity index is 549. The van der Waals surface area contributed by atoms with Crippen LogP contribution in [0.1, 0.15) is 5.56 Å². The molecule has 0 spiro atoms. The Morgan fingerprint density at radius 3 is 2.62 bits per heavy atom. The molecular formula is C14H9NO. The highest BCUT2D eigenvalue weighted by atomic mass is 16.1. The fourth-order valence-electron chi connectivity index (χ4n) is 1.32. The second-order valence-corrected chi connectivity index (χ2v) is 3.26. The third-order valence-corrected chi connectivity index (χ3v) is 2.15. The molecule has 1 aliphatic carbocycles. The highest BCUT2D eigenvalue weighted by Gasteiger charge is 2.07. The number of terminal acetylenes is 1. The Labute approximate surface area is 94.0 Å². The third kappa shape index (κ3) is 2.12. The molecular weight excluding hydrogens is 198 g/mol. The standard InChI is InChI=1S/C14H9NO/c1-2-11-7-9-13(10-8-11)15-14(16)12-5-3-4-6-12/h1,3-5,7-10H,(H,15,16). The van der Waals surface area contributed by atoms with Crippen molar-refractivity contribution in [1.82, 2.24) is 0 Å². The summed E-state index contributed by atoms with van der Waals surface area (Å²) >= 11 is 0. The lowest BCUT2D eigenvalue weighted by Crippen LogP contribution is -2.12. The lowest BCUT2D eigenvalue weighted by molar-refractivity contribution is -0.112. The zero-order valence-corrected chi connectivity index (χ0v) is 8.53. The molecule has 1 aromatic carbocycles. The van der Waals surface area contributed by atoms with E-state index in [2.05, 4.69) is 17.0 Å². The average molecular weight is 207 g/mol. The Hall–Kier alpha value is -2.49. The molecule has 2 nitrogen and oxygen atoms in total. The van der Waals surface area contributed by atoms with Crippen molar-refractivity contribution in [3.63, 3.8) is 0 Å². The first-order chi connectivity index (χ1) is 7.79. The molecule has 0 aliphatic heterocycles. The predicted molar refractivity (Wildman–Crippen MR) is 63.7 cm³/mol. The molecule has 1 aromatic rings. The minimum atomic E-state index is -0.168. The van der Waals surface area contributed by atoms with Crippen molar-refractivity contribution in [1.29, 1.82) is 0 Å². The van der Waals surface area contributed by atoms with E-state index in [1.165, 1.54) is 0 Å². The van der Waals surface area contributed by atoms with E-state index in [9.17, 15) is 4.79 Å². The van der Waals surface area contributed by atoms with Crippen molar-refractivity contribution >= 4 is 11.6 Å². The Balaban J connectivity index is 2.10. The number of allylic oxidation sites excluding steroid dienone is 1. The summed E-state index contributed by atoms with van der Waals surface area (Å²) in [7, 11) is 0. The lowest BCUT2D eigenvalue weighted by atomic mass is 10.2. The molecule has 0 bridgehead atoms. The number of hydrogen-bond acceptors (Lipinski definition) is 1. The summed E-state index contributed by atoms with van der Waals surface area (Å²) in [5.74, 6) is 2.35. The first kappa shape index (κ1) is 10.0. The van der Waals surface area contributed by atoms with E-state index in [0.29, 0.717) is 5.57 Å². The van der Waals surface area contributed by atoms with Gasteiger partial charge in [-0.2, -0.15) is 0 Å². The Morgan fingerprint density at radius 1 is 1.31 bits per heavy atom. The number of anilines is 1. The fourth-order valence-corrected chi connectivity index (χ4v) is 1.32. The van der Waals surface area contributed by atoms with Crippen LogP contribution in [-0.2, 0) is 4.79 Å². The first-order valence-corrected chi connectivity index (χ1v) is 4.81. The molecule has 76 valence electrons. The van der Waals surface area contributed by atoms with Gasteiger partial charge in [-0.05, 0) is 36.4 Å². The summed E-state index contributed by atoms with van der Waals surface area (Å²) in [5.41, 5.74) is 4.87. The second-order valence-electron chi connectivity index (χ2n) is 3.26. The maximum atomic E-state index is 11.6. The van der Waals surface area contributed by atoms with Gasteiger partial charge in [-0.15, -0.1) is 12.2 Å². The SMILES string of the molecule is C#Cc1ccc(NC(=O)C2=C=CC=C2)cc1. The molecule has 0 unspecified atom stereocenters. The molecule has 2 heteroatoms. The van der Waals surface area contributed by atoms with Gasteiger partial charge in [-0.3, -0.25) is 4.79 Å². The fraction of sp³-hybridized carbons (Fsp3) is 0. The van der Waals surface area contributed by atoms with Crippen LogP contribution in [0.15, 0.2) is 53.8 Å². The van der Waals surface area contributed by atoms with Crippen molar-refractivity contribution in [2.45, 2.75) is 0 Å². The zero-order chi connectivity index (χ0) is 11.4. The largest absolute Gasteiger partial charge is 0.321 e. The van der Waals surface area contributed by atoms with Gasteiger partial charge >= 0.3 is 0 Å². The maximum absolute atomic E-state index is 11.6. The van der Waals surface area contributed by atoms with Crippen LogP contribution in [0.25, 0.3) is 0 Å². The van der Waals surface area contributed by atoms with Crippen LogP contribution in [-0.4, -0.2) is 5.91 Å². The number of benzene rings is 1. The van der Waals surface area contributed by atoms with E-state index in [0.717, 1.165) is 11.3 Å². The summed E-state index contributed by atoms with van der Waals surface area (Å²) in [6.07, 6.45) is 10.4. The summed E-state index contributed by atoms with van der Waals surface area (Å²) in [4.78, 5) is 11.6. The topological polar surface area (TPSA) is 29.1 Å². The zero-order valence-electron chi connectivity index (χ0n) is 8.53. The van der Waals surface area contributed by atoms with Crippen LogP contribution in [0.4, 0.5) is 5.69 Å². The molecule has 0 saturated heterocycles. The molecule has 0 aromatic heterocycles. The molecule has 0 heterocycles. The van der Waals surface area contributed by atoms with Gasteiger partial charge in [0, 0.05) is 11.3 Å². The van der Waals surface area contributed by atoms with E-state index in [1.807, 2.05) is 0 Å². The highest BCUT2D eigenvalue weighted by Crippen LogP contribution is 2.11. The number of hydrogen-bond donors (Lipinski definition) is 1. The van der Waals surface area contributed by atoms with E-state index in [1.54, 1.807) is 42.5 Å². The highest BCUT2D eigenvalue weighted by molar-refractivity contribution is 6.06. The monoisotopic (exact) mass is 207 g/mol. The molecule has 0 saturated carbocycles. The Morgan fingerprint density at radius 2 is 2.06 bits per heavy atom. The lowest BCUT2D eigenvalue weighted by Gasteiger charge is -2.03. The van der Waals surface area contributed by atoms with E-state index in [4.69, 9.17) is 6.42 Å². The minimum absolute atomic E-state index is 0.168. The average Bonchev–Trinajstić information content (AvgIpc) is 2.83. The number of carbonyl (C=O) groups is 1. The van der Waals surface area contributed by atoms with Crippen LogP contribution >= 0.6 is 0 Å². The molecule has 0 fully saturated rings. The van der Waals surface area contributed by atoms with Crippen molar-refractivity contribution in [3.8, 4) is 12.3 Å². The van der Waals surface area contributed by atoms with Crippen LogP contribution in [0.5, 0.6) is 0 Å². The van der Waals surface area contributed by atoms with Crippen LogP contribution in [0.3, 0.4) is 0 Å². The van der Waals surface area contributed by atoms with Crippen LogP contribution < -0.4 is 5.32 Å². The molecule has 2 rings (SSSR count). The van der Waals surface area contributed by atoms with E-state index in [-0.39, 0.29) is 5.91 Å². The third-order valence-electron chi connectivity index (χ3n) is 2.15. The van der Waals surface area contributed by atoms with Gasteiger partial charge in [-0.25, -0.2) is 0 Å². The van der Waals surface area contributed by atoms with Crippen molar-refractivity contribution in [2.24, 2.45) is 0 Å². The predicted octanol–water partition coefficient (Wildman–Crippen LogP) is 2.26. The van der Waals surface area contributed by atoms with Crippen molar-refractivity contribution in [2.75, 3.05) is 5.32 Å². The smallest absolute Gasteiger partial charge is 0.263 e. The number of amides is 1. The van der Waals surface area contributed by atoms with Gasteiger partial charge in [-0.1, -0.05) is 12.0 Å². The van der Waals surface area contributed by atoms with Gasteiger partial charge in [0.25, 0.3) is 5.91 Å². The quantitative estimate of drug-likeness (QED) is 0.585. The number of carbonyl (C=O) groups excluding carboxylic acids is 1.